The summed E-state index contributed by atoms with van der Waals surface area (Å²) in [4.78, 5) is 10.9. The van der Waals surface area contributed by atoms with Gasteiger partial charge >= 0.3 is 18.2 Å². The van der Waals surface area contributed by atoms with Crippen LogP contribution in [0.2, 0.25) is 0 Å². The molecule has 1 heterocycles. The maximum Gasteiger partial charge on any atom is 0.425 e. The lowest BCUT2D eigenvalue weighted by molar-refractivity contribution is -0.190. The Morgan fingerprint density at radius 1 is 1.05 bits per heavy atom. The van der Waals surface area contributed by atoms with Crippen LogP contribution in [0.3, 0.4) is 0 Å². The number of nitrogens with two attached hydrogens (primary N) is 1. The van der Waals surface area contributed by atoms with Gasteiger partial charge in [0.15, 0.2) is 6.10 Å². The molecule has 0 amide bonds. The predicted octanol–water partition coefficient (Wildman–Crippen LogP) is 1.27. The van der Waals surface area contributed by atoms with Gasteiger partial charge in [0, 0.05) is 0 Å². The number of ether oxygens (including phenoxy) is 2. The molecule has 0 aliphatic heterocycles. The summed E-state index contributed by atoms with van der Waals surface area (Å²) in [6.45, 7) is 4.25. The van der Waals surface area contributed by atoms with E-state index in [-0.39, 0.29) is 18.1 Å². The summed E-state index contributed by atoms with van der Waals surface area (Å²) in [6.07, 6.45) is -6.85. The number of rotatable bonds is 5. The average molecular weight is 281 g/mol. The third-order valence-corrected chi connectivity index (χ3v) is 1.81. The molecule has 0 saturated heterocycles. The summed E-state index contributed by atoms with van der Waals surface area (Å²) < 4.78 is 46.8. The van der Waals surface area contributed by atoms with Crippen LogP contribution in [0.4, 0.5) is 19.1 Å². The monoisotopic (exact) mass is 281 g/mol. The minimum absolute atomic E-state index is 0.157. The molecule has 0 aliphatic rings. The van der Waals surface area contributed by atoms with Gasteiger partial charge in [-0.05, 0) is 20.8 Å². The van der Waals surface area contributed by atoms with Crippen LogP contribution in [-0.4, -0.2) is 33.3 Å². The summed E-state index contributed by atoms with van der Waals surface area (Å²) in [5.41, 5.74) is 2.09. The standard InChI is InChI=1S/C9H14F3N5O2/c1-4(2)18-7-14-6(17-13)15-8(16-7)19-5(3)9(10,11)12/h4-5H,13H2,1-3H3,(H,14,15,16,17). The second-order valence-electron chi connectivity index (χ2n) is 3.84. The van der Waals surface area contributed by atoms with Crippen LogP contribution in [0.25, 0.3) is 0 Å². The van der Waals surface area contributed by atoms with Crippen molar-refractivity contribution in [2.75, 3.05) is 5.43 Å². The van der Waals surface area contributed by atoms with Gasteiger partial charge in [-0.1, -0.05) is 0 Å². The molecular weight excluding hydrogens is 267 g/mol. The van der Waals surface area contributed by atoms with Crippen LogP contribution >= 0.6 is 0 Å². The van der Waals surface area contributed by atoms with Crippen molar-refractivity contribution in [1.29, 1.82) is 0 Å². The summed E-state index contributed by atoms with van der Waals surface area (Å²) in [6, 6.07) is -0.703. The van der Waals surface area contributed by atoms with Crippen molar-refractivity contribution >= 4 is 5.95 Å². The number of nitrogens with zero attached hydrogens (tertiary/aromatic N) is 3. The lowest BCUT2D eigenvalue weighted by Crippen LogP contribution is -2.32. The number of hydrogen-bond acceptors (Lipinski definition) is 7. The van der Waals surface area contributed by atoms with E-state index in [4.69, 9.17) is 10.6 Å². The fourth-order valence-corrected chi connectivity index (χ4v) is 0.944. The Morgan fingerprint density at radius 3 is 2.00 bits per heavy atom. The predicted molar refractivity (Wildman–Crippen MR) is 59.5 cm³/mol. The molecule has 0 spiro atoms. The zero-order valence-electron chi connectivity index (χ0n) is 10.5. The highest BCUT2D eigenvalue weighted by molar-refractivity contribution is 5.25. The molecule has 1 atom stereocenters. The number of nitrogens with one attached hydrogen (secondary N) is 1. The Kier molecular flexibility index (Phi) is 4.70. The molecule has 0 bridgehead atoms. The fourth-order valence-electron chi connectivity index (χ4n) is 0.944. The van der Waals surface area contributed by atoms with Gasteiger partial charge in [-0.3, -0.25) is 5.43 Å². The minimum atomic E-state index is -4.53. The number of hydrazine groups is 1. The molecule has 0 radical (unpaired) electrons. The molecule has 108 valence electrons. The topological polar surface area (TPSA) is 95.2 Å². The molecule has 7 nitrogen and oxygen atoms in total. The van der Waals surface area contributed by atoms with Gasteiger partial charge in [0.2, 0.25) is 5.95 Å². The van der Waals surface area contributed by atoms with Gasteiger partial charge in [0.25, 0.3) is 0 Å². The number of anilines is 1. The molecule has 19 heavy (non-hydrogen) atoms. The maximum absolute atomic E-state index is 12.4. The molecule has 1 rings (SSSR count). The molecule has 0 fully saturated rings. The molecule has 0 aliphatic carbocycles. The van der Waals surface area contributed by atoms with Crippen LogP contribution in [0.5, 0.6) is 12.0 Å². The van der Waals surface area contributed by atoms with E-state index in [1.165, 1.54) is 0 Å². The van der Waals surface area contributed by atoms with Crippen molar-refractivity contribution in [3.8, 4) is 12.0 Å². The molecule has 10 heteroatoms. The van der Waals surface area contributed by atoms with E-state index in [1.54, 1.807) is 13.8 Å². The van der Waals surface area contributed by atoms with E-state index >= 15 is 0 Å². The van der Waals surface area contributed by atoms with E-state index in [9.17, 15) is 13.2 Å². The SMILES string of the molecule is CC(C)Oc1nc(NN)nc(OC(C)C(F)(F)F)n1. The molecule has 1 aromatic rings. The van der Waals surface area contributed by atoms with Crippen molar-refractivity contribution in [2.24, 2.45) is 5.84 Å². The summed E-state index contributed by atoms with van der Waals surface area (Å²) in [5, 5.41) is 0. The van der Waals surface area contributed by atoms with Crippen molar-refractivity contribution in [2.45, 2.75) is 39.2 Å². The first kappa shape index (κ1) is 15.2. The Labute approximate surface area is 107 Å². The van der Waals surface area contributed by atoms with E-state index in [0.717, 1.165) is 6.92 Å². The quantitative estimate of drug-likeness (QED) is 0.620. The first-order chi connectivity index (χ1) is 8.72. The lowest BCUT2D eigenvalue weighted by atomic mass is 10.4. The van der Waals surface area contributed by atoms with Gasteiger partial charge in [0.05, 0.1) is 6.10 Å². The second-order valence-corrected chi connectivity index (χ2v) is 3.84. The normalized spacial score (nSPS) is 13.3. The van der Waals surface area contributed by atoms with Gasteiger partial charge in [-0.15, -0.1) is 4.98 Å². The highest BCUT2D eigenvalue weighted by Crippen LogP contribution is 2.24. The van der Waals surface area contributed by atoms with Crippen molar-refractivity contribution in [3.05, 3.63) is 0 Å². The number of alkyl halides is 3. The third-order valence-electron chi connectivity index (χ3n) is 1.81. The van der Waals surface area contributed by atoms with Crippen LogP contribution in [0.1, 0.15) is 20.8 Å². The summed E-state index contributed by atoms with van der Waals surface area (Å²) in [7, 11) is 0. The number of halogens is 3. The minimum Gasteiger partial charge on any atom is -0.461 e. The van der Waals surface area contributed by atoms with E-state index in [2.05, 4.69) is 25.1 Å². The van der Waals surface area contributed by atoms with Gasteiger partial charge < -0.3 is 9.47 Å². The van der Waals surface area contributed by atoms with E-state index in [1.807, 2.05) is 0 Å². The van der Waals surface area contributed by atoms with Gasteiger partial charge in [-0.2, -0.15) is 23.1 Å². The molecule has 0 saturated carbocycles. The van der Waals surface area contributed by atoms with Gasteiger partial charge in [0.1, 0.15) is 0 Å². The highest BCUT2D eigenvalue weighted by atomic mass is 19.4. The summed E-state index contributed by atoms with van der Waals surface area (Å²) in [5.74, 6) is 4.94. The molecule has 0 aromatic carbocycles. The van der Waals surface area contributed by atoms with Crippen molar-refractivity contribution < 1.29 is 22.6 Å². The molecular formula is C9H14F3N5O2. The molecule has 3 N–H and O–H groups in total. The maximum atomic E-state index is 12.4. The Hall–Kier alpha value is -1.84. The number of nitrogen functional groups attached to an aromatic ring is 1. The van der Waals surface area contributed by atoms with Crippen LogP contribution < -0.4 is 20.7 Å². The van der Waals surface area contributed by atoms with Crippen LogP contribution in [0.15, 0.2) is 0 Å². The zero-order valence-corrected chi connectivity index (χ0v) is 10.5. The van der Waals surface area contributed by atoms with Crippen molar-refractivity contribution in [1.82, 2.24) is 15.0 Å². The highest BCUT2D eigenvalue weighted by Gasteiger charge is 2.38. The zero-order chi connectivity index (χ0) is 14.6. The Morgan fingerprint density at radius 2 is 1.58 bits per heavy atom. The lowest BCUT2D eigenvalue weighted by Gasteiger charge is -2.17. The Bertz CT molecular complexity index is 427. The smallest absolute Gasteiger partial charge is 0.425 e. The average Bonchev–Trinajstić information content (AvgIpc) is 2.26. The van der Waals surface area contributed by atoms with E-state index < -0.39 is 18.3 Å². The first-order valence-corrected chi connectivity index (χ1v) is 5.35. The largest absolute Gasteiger partial charge is 0.461 e. The molecule has 1 unspecified atom stereocenters. The van der Waals surface area contributed by atoms with Gasteiger partial charge in [-0.25, -0.2) is 5.84 Å². The molecule has 1 aromatic heterocycles. The summed E-state index contributed by atoms with van der Waals surface area (Å²) >= 11 is 0. The number of aromatic nitrogens is 3. The first-order valence-electron chi connectivity index (χ1n) is 5.35. The van der Waals surface area contributed by atoms with Crippen molar-refractivity contribution in [3.63, 3.8) is 0 Å². The second kappa shape index (κ2) is 5.87. The van der Waals surface area contributed by atoms with E-state index in [0.29, 0.717) is 0 Å². The number of hydrogen-bond donors (Lipinski definition) is 2. The Balaban J connectivity index is 2.94. The fraction of sp³-hybridized carbons (Fsp3) is 0.667. The third kappa shape index (κ3) is 4.73. The van der Waals surface area contributed by atoms with Crippen LogP contribution in [-0.2, 0) is 0 Å². The van der Waals surface area contributed by atoms with Crippen LogP contribution in [0, 0.1) is 0 Å².